The van der Waals surface area contributed by atoms with Crippen molar-refractivity contribution in [1.82, 2.24) is 9.80 Å². The highest BCUT2D eigenvalue weighted by Gasteiger charge is 2.46. The molecule has 0 spiro atoms. The number of carbonyl (C=O) groups is 3. The summed E-state index contributed by atoms with van der Waals surface area (Å²) in [6.45, 7) is 0.420. The number of benzene rings is 3. The lowest BCUT2D eigenvalue weighted by molar-refractivity contribution is -0.161. The average Bonchev–Trinajstić information content (AvgIpc) is 3.63. The molecule has 3 amide bonds. The molecule has 3 aromatic carbocycles. The van der Waals surface area contributed by atoms with E-state index in [1.165, 1.54) is 29.2 Å². The van der Waals surface area contributed by atoms with Gasteiger partial charge in [-0.1, -0.05) is 37.6 Å². The van der Waals surface area contributed by atoms with Gasteiger partial charge in [0, 0.05) is 25.2 Å². The van der Waals surface area contributed by atoms with Crippen LogP contribution < -0.4 is 4.90 Å². The molecule has 1 aliphatic carbocycles. The lowest BCUT2D eigenvalue weighted by Crippen LogP contribution is -2.43. The first-order valence-corrected chi connectivity index (χ1v) is 14.2. The van der Waals surface area contributed by atoms with Gasteiger partial charge in [0.1, 0.15) is 18.2 Å². The molecule has 1 fully saturated rings. The number of rotatable bonds is 7. The van der Waals surface area contributed by atoms with Crippen LogP contribution in [0.4, 0.5) is 27.6 Å². The highest BCUT2D eigenvalue weighted by atomic mass is 19.4. The van der Waals surface area contributed by atoms with Crippen molar-refractivity contribution in [1.29, 1.82) is 0 Å². The summed E-state index contributed by atoms with van der Waals surface area (Å²) in [4.78, 5) is 43.8. The van der Waals surface area contributed by atoms with Gasteiger partial charge in [-0.25, -0.2) is 8.78 Å². The Balaban J connectivity index is 1.40. The predicted octanol–water partition coefficient (Wildman–Crippen LogP) is 6.14. The second-order valence-corrected chi connectivity index (χ2v) is 11.2. The third kappa shape index (κ3) is 4.94. The Hall–Kier alpha value is -4.28. The van der Waals surface area contributed by atoms with Gasteiger partial charge in [-0.2, -0.15) is 13.2 Å². The SMILES string of the molecule is CCCCN(CC(F)(F)F)C(=O)C1c2cc(F)ccc2-c2ccc(F)c(N3CCC(N4C(=O)c5ccccc5C4=O)C3)c21. The Bertz CT molecular complexity index is 1600. The highest BCUT2D eigenvalue weighted by molar-refractivity contribution is 6.21. The molecule has 3 aromatic rings. The van der Waals surface area contributed by atoms with Crippen molar-refractivity contribution in [3.8, 4) is 11.1 Å². The average molecular weight is 598 g/mol. The topological polar surface area (TPSA) is 60.9 Å². The normalized spacial score (nSPS) is 19.1. The lowest BCUT2D eigenvalue weighted by Gasteiger charge is -2.30. The number of anilines is 1. The van der Waals surface area contributed by atoms with E-state index in [4.69, 9.17) is 0 Å². The van der Waals surface area contributed by atoms with Crippen LogP contribution in [0, 0.1) is 11.6 Å². The first-order valence-electron chi connectivity index (χ1n) is 14.2. The number of imide groups is 1. The molecule has 2 aliphatic heterocycles. The maximum atomic E-state index is 15.8. The quantitative estimate of drug-likeness (QED) is 0.243. The number of nitrogens with zero attached hydrogens (tertiary/aromatic N) is 3. The zero-order valence-corrected chi connectivity index (χ0v) is 23.3. The largest absolute Gasteiger partial charge is 0.406 e. The molecule has 0 N–H and O–H groups in total. The number of halogens is 5. The minimum atomic E-state index is -4.67. The van der Waals surface area contributed by atoms with Crippen molar-refractivity contribution in [2.45, 2.75) is 44.3 Å². The van der Waals surface area contributed by atoms with E-state index in [1.54, 1.807) is 36.1 Å². The van der Waals surface area contributed by atoms with E-state index in [0.29, 0.717) is 30.4 Å². The van der Waals surface area contributed by atoms with Gasteiger partial charge in [0.05, 0.1) is 28.8 Å². The number of alkyl halides is 3. The van der Waals surface area contributed by atoms with Crippen molar-refractivity contribution in [2.75, 3.05) is 31.1 Å². The van der Waals surface area contributed by atoms with Crippen LogP contribution in [0.25, 0.3) is 11.1 Å². The summed E-state index contributed by atoms with van der Waals surface area (Å²) < 4.78 is 71.1. The molecular formula is C32H28F5N3O3. The summed E-state index contributed by atoms with van der Waals surface area (Å²) in [6, 6.07) is 12.3. The van der Waals surface area contributed by atoms with Gasteiger partial charge in [0.15, 0.2) is 0 Å². The molecule has 0 aromatic heterocycles. The Kier molecular flexibility index (Phi) is 7.22. The number of unbranched alkanes of at least 4 members (excludes halogenated alkanes) is 1. The van der Waals surface area contributed by atoms with E-state index in [1.807, 2.05) is 0 Å². The van der Waals surface area contributed by atoms with Gasteiger partial charge in [0.25, 0.3) is 11.8 Å². The third-order valence-corrected chi connectivity index (χ3v) is 8.45. The molecule has 2 unspecified atom stereocenters. The molecule has 6 nitrogen and oxygen atoms in total. The van der Waals surface area contributed by atoms with Crippen LogP contribution in [-0.2, 0) is 4.79 Å². The van der Waals surface area contributed by atoms with E-state index in [-0.39, 0.29) is 47.6 Å². The summed E-state index contributed by atoms with van der Waals surface area (Å²) in [6.07, 6.45) is -3.48. The smallest absolute Gasteiger partial charge is 0.367 e. The fourth-order valence-corrected chi connectivity index (χ4v) is 6.57. The van der Waals surface area contributed by atoms with E-state index in [2.05, 4.69) is 0 Å². The lowest BCUT2D eigenvalue weighted by atomic mass is 9.93. The maximum Gasteiger partial charge on any atom is 0.406 e. The monoisotopic (exact) mass is 597 g/mol. The van der Waals surface area contributed by atoms with E-state index < -0.39 is 54.0 Å². The summed E-state index contributed by atoms with van der Waals surface area (Å²) >= 11 is 0. The molecule has 2 heterocycles. The fourth-order valence-electron chi connectivity index (χ4n) is 6.57. The van der Waals surface area contributed by atoms with E-state index in [9.17, 15) is 31.9 Å². The third-order valence-electron chi connectivity index (χ3n) is 8.45. The second kappa shape index (κ2) is 10.8. The van der Waals surface area contributed by atoms with Crippen LogP contribution in [0.1, 0.15) is 63.9 Å². The Morgan fingerprint density at radius 1 is 0.953 bits per heavy atom. The Labute approximate surface area is 244 Å². The Morgan fingerprint density at radius 3 is 2.28 bits per heavy atom. The molecule has 0 saturated carbocycles. The number of hydrogen-bond acceptors (Lipinski definition) is 4. The molecule has 43 heavy (non-hydrogen) atoms. The summed E-state index contributed by atoms with van der Waals surface area (Å²) in [5.41, 5.74) is 1.79. The number of fused-ring (bicyclic) bond motifs is 4. The predicted molar refractivity (Wildman–Crippen MR) is 149 cm³/mol. The first-order chi connectivity index (χ1) is 20.5. The second-order valence-electron chi connectivity index (χ2n) is 11.2. The van der Waals surface area contributed by atoms with Gasteiger partial charge in [-0.15, -0.1) is 0 Å². The van der Waals surface area contributed by atoms with Crippen LogP contribution in [0.3, 0.4) is 0 Å². The van der Waals surface area contributed by atoms with Gasteiger partial charge in [-0.05, 0) is 59.9 Å². The van der Waals surface area contributed by atoms with Crippen molar-refractivity contribution in [3.05, 3.63) is 88.5 Å². The molecule has 0 radical (unpaired) electrons. The molecule has 0 bridgehead atoms. The van der Waals surface area contributed by atoms with Gasteiger partial charge < -0.3 is 9.80 Å². The van der Waals surface area contributed by atoms with Crippen molar-refractivity contribution < 1.29 is 36.3 Å². The summed E-state index contributed by atoms with van der Waals surface area (Å²) in [7, 11) is 0. The van der Waals surface area contributed by atoms with Gasteiger partial charge in [-0.3, -0.25) is 19.3 Å². The minimum absolute atomic E-state index is 0.00835. The number of carbonyl (C=O) groups excluding carboxylic acids is 3. The van der Waals surface area contributed by atoms with Crippen LogP contribution in [-0.4, -0.2) is 65.9 Å². The standard InChI is InChI=1S/C32H28F5N3O3/c1-2-3-13-39(17-32(35,36)37)31(43)27-24-15-18(33)8-9-20(24)21-10-11-25(34)28(26(21)27)38-14-12-19(16-38)40-29(41)22-6-4-5-7-23(22)30(40)42/h4-11,15,19,27H,2-3,12-14,16-17H2,1H3. The molecule has 2 atom stereocenters. The van der Waals surface area contributed by atoms with Crippen LogP contribution in [0.5, 0.6) is 0 Å². The molecule has 224 valence electrons. The zero-order valence-electron chi connectivity index (χ0n) is 23.3. The van der Waals surface area contributed by atoms with Crippen molar-refractivity contribution in [2.24, 2.45) is 0 Å². The van der Waals surface area contributed by atoms with Crippen molar-refractivity contribution >= 4 is 23.4 Å². The van der Waals surface area contributed by atoms with Crippen LogP contribution in [0.15, 0.2) is 54.6 Å². The zero-order chi connectivity index (χ0) is 30.6. The summed E-state index contributed by atoms with van der Waals surface area (Å²) in [5.74, 6) is -4.53. The van der Waals surface area contributed by atoms with Gasteiger partial charge >= 0.3 is 6.18 Å². The Morgan fingerprint density at radius 2 is 1.63 bits per heavy atom. The van der Waals surface area contributed by atoms with E-state index >= 15 is 4.39 Å². The number of hydrogen-bond donors (Lipinski definition) is 0. The maximum absolute atomic E-state index is 15.8. The van der Waals surface area contributed by atoms with Crippen LogP contribution >= 0.6 is 0 Å². The molecule has 11 heteroatoms. The van der Waals surface area contributed by atoms with Gasteiger partial charge in [0.2, 0.25) is 5.91 Å². The fraction of sp³-hybridized carbons (Fsp3) is 0.344. The first kappa shape index (κ1) is 28.8. The number of amides is 3. The molecular weight excluding hydrogens is 569 g/mol. The van der Waals surface area contributed by atoms with Crippen LogP contribution in [0.2, 0.25) is 0 Å². The summed E-state index contributed by atoms with van der Waals surface area (Å²) in [5, 5.41) is 0. The molecule has 6 rings (SSSR count). The van der Waals surface area contributed by atoms with E-state index in [0.717, 1.165) is 11.0 Å². The molecule has 3 aliphatic rings. The molecule has 1 saturated heterocycles. The van der Waals surface area contributed by atoms with Crippen molar-refractivity contribution in [3.63, 3.8) is 0 Å². The highest BCUT2D eigenvalue weighted by Crippen LogP contribution is 2.51. The minimum Gasteiger partial charge on any atom is -0.367 e.